The molecule has 0 aliphatic heterocycles. The van der Waals surface area contributed by atoms with E-state index in [0.29, 0.717) is 12.3 Å². The van der Waals surface area contributed by atoms with Crippen molar-refractivity contribution in [3.8, 4) is 0 Å². The number of aliphatic carboxylic acids is 1. The molecule has 0 heterocycles. The van der Waals surface area contributed by atoms with Crippen LogP contribution in [0, 0.1) is 17.3 Å². The lowest BCUT2D eigenvalue weighted by Gasteiger charge is -2.24. The molecule has 0 fully saturated rings. The summed E-state index contributed by atoms with van der Waals surface area (Å²) in [5, 5.41) is 14.7. The van der Waals surface area contributed by atoms with Crippen molar-refractivity contribution in [2.24, 2.45) is 17.3 Å². The van der Waals surface area contributed by atoms with Crippen molar-refractivity contribution in [3.63, 3.8) is 0 Å². The van der Waals surface area contributed by atoms with E-state index in [-0.39, 0.29) is 24.0 Å². The number of nitrogens with one attached hydrogen (secondary N) is 2. The Balaban J connectivity index is 4.16. The Morgan fingerprint density at radius 3 is 2.10 bits per heavy atom. The molecule has 2 unspecified atom stereocenters. The van der Waals surface area contributed by atoms with Crippen molar-refractivity contribution in [2.75, 3.05) is 6.54 Å². The molecule has 0 aromatic heterocycles. The van der Waals surface area contributed by atoms with Crippen molar-refractivity contribution in [2.45, 2.75) is 66.8 Å². The number of amides is 2. The molecule has 0 rings (SSSR count). The van der Waals surface area contributed by atoms with Gasteiger partial charge in [0, 0.05) is 12.6 Å². The van der Waals surface area contributed by atoms with Gasteiger partial charge in [0.15, 0.2) is 0 Å². The summed E-state index contributed by atoms with van der Waals surface area (Å²) < 4.78 is 0. The molecule has 0 bridgehead atoms. The molecule has 0 radical (unpaired) electrons. The number of carboxylic acid groups (broad SMARTS) is 1. The molecule has 0 aromatic carbocycles. The smallest absolute Gasteiger partial charge is 0.315 e. The van der Waals surface area contributed by atoms with E-state index < -0.39 is 11.9 Å². The van der Waals surface area contributed by atoms with E-state index in [2.05, 4.69) is 24.5 Å². The third-order valence-electron chi connectivity index (χ3n) is 3.27. The number of hydrogen-bond donors (Lipinski definition) is 3. The first-order valence-electron chi connectivity index (χ1n) is 7.78. The molecule has 5 nitrogen and oxygen atoms in total. The second-order valence-corrected chi connectivity index (χ2v) is 7.53. The Bertz CT molecular complexity index is 335. The van der Waals surface area contributed by atoms with E-state index >= 15 is 0 Å². The van der Waals surface area contributed by atoms with E-state index in [1.165, 1.54) is 0 Å². The van der Waals surface area contributed by atoms with E-state index in [4.69, 9.17) is 0 Å². The largest absolute Gasteiger partial charge is 0.481 e. The van der Waals surface area contributed by atoms with Crippen LogP contribution in [0.5, 0.6) is 0 Å². The van der Waals surface area contributed by atoms with Gasteiger partial charge in [-0.3, -0.25) is 4.79 Å². The summed E-state index contributed by atoms with van der Waals surface area (Å²) in [5.41, 5.74) is -0.0776. The number of urea groups is 1. The van der Waals surface area contributed by atoms with E-state index in [9.17, 15) is 14.7 Å². The topological polar surface area (TPSA) is 78.4 Å². The summed E-state index contributed by atoms with van der Waals surface area (Å²) in [6, 6.07) is -0.190. The van der Waals surface area contributed by atoms with Crippen LogP contribution >= 0.6 is 0 Å². The summed E-state index contributed by atoms with van der Waals surface area (Å²) in [4.78, 5) is 23.0. The Labute approximate surface area is 128 Å². The van der Waals surface area contributed by atoms with E-state index in [1.807, 2.05) is 27.7 Å². The maximum absolute atomic E-state index is 11.8. The maximum atomic E-state index is 11.8. The lowest BCUT2D eigenvalue weighted by Crippen LogP contribution is -2.44. The van der Waals surface area contributed by atoms with Crippen LogP contribution in [0.3, 0.4) is 0 Å². The van der Waals surface area contributed by atoms with Gasteiger partial charge in [-0.15, -0.1) is 0 Å². The van der Waals surface area contributed by atoms with Crippen molar-refractivity contribution >= 4 is 12.0 Å². The zero-order valence-electron chi connectivity index (χ0n) is 14.3. The van der Waals surface area contributed by atoms with Crippen LogP contribution in [-0.2, 0) is 4.79 Å². The first-order chi connectivity index (χ1) is 9.51. The van der Waals surface area contributed by atoms with Crippen LogP contribution in [0.15, 0.2) is 0 Å². The minimum Gasteiger partial charge on any atom is -0.481 e. The summed E-state index contributed by atoms with van der Waals surface area (Å²) in [5.74, 6) is -0.805. The average molecular weight is 300 g/mol. The number of carbonyl (C=O) groups excluding carboxylic acids is 1. The highest BCUT2D eigenvalue weighted by Crippen LogP contribution is 2.24. The highest BCUT2D eigenvalue weighted by Gasteiger charge is 2.25. The molecule has 0 aliphatic carbocycles. The van der Waals surface area contributed by atoms with Crippen molar-refractivity contribution in [3.05, 3.63) is 0 Å². The Kier molecular flexibility index (Phi) is 8.37. The summed E-state index contributed by atoms with van der Waals surface area (Å²) in [6.07, 6.45) is 2.52. The molecule has 3 N–H and O–H groups in total. The summed E-state index contributed by atoms with van der Waals surface area (Å²) in [6.45, 7) is 12.4. The third-order valence-corrected chi connectivity index (χ3v) is 3.27. The zero-order valence-corrected chi connectivity index (χ0v) is 14.3. The molecule has 5 heteroatoms. The molecule has 21 heavy (non-hydrogen) atoms. The minimum atomic E-state index is -0.863. The highest BCUT2D eigenvalue weighted by atomic mass is 16.4. The zero-order chi connectivity index (χ0) is 16.6. The van der Waals surface area contributed by atoms with Crippen LogP contribution in [0.1, 0.15) is 60.8 Å². The fraction of sp³-hybridized carbons (Fsp3) is 0.875. The second-order valence-electron chi connectivity index (χ2n) is 7.53. The molecule has 124 valence electrons. The van der Waals surface area contributed by atoms with Gasteiger partial charge >= 0.3 is 12.0 Å². The average Bonchev–Trinajstić information content (AvgIpc) is 2.30. The standard InChI is InChI=1S/C16H32N2O3/c1-11(2)7-8-12(3)18-15(21)17-10-13(14(19)20)9-16(4,5)6/h11-13H,7-10H2,1-6H3,(H,19,20)(H2,17,18,21). The van der Waals surface area contributed by atoms with Gasteiger partial charge in [0.05, 0.1) is 5.92 Å². The molecule has 0 saturated heterocycles. The van der Waals surface area contributed by atoms with E-state index in [1.54, 1.807) is 0 Å². The number of hydrogen-bond acceptors (Lipinski definition) is 2. The lowest BCUT2D eigenvalue weighted by atomic mass is 9.84. The highest BCUT2D eigenvalue weighted by molar-refractivity contribution is 5.76. The van der Waals surface area contributed by atoms with Crippen LogP contribution < -0.4 is 10.6 Å². The Hall–Kier alpha value is -1.26. The predicted molar refractivity (Wildman–Crippen MR) is 85.3 cm³/mol. The van der Waals surface area contributed by atoms with E-state index in [0.717, 1.165) is 12.8 Å². The molecular formula is C16H32N2O3. The molecule has 0 saturated carbocycles. The minimum absolute atomic E-state index is 0.0776. The predicted octanol–water partition coefficient (Wildman–Crippen LogP) is 3.25. The fourth-order valence-electron chi connectivity index (χ4n) is 2.13. The normalized spacial score (nSPS) is 14.6. The van der Waals surface area contributed by atoms with Gasteiger partial charge in [-0.1, -0.05) is 34.6 Å². The number of carboxylic acids is 1. The van der Waals surface area contributed by atoms with Gasteiger partial charge in [-0.05, 0) is 37.5 Å². The maximum Gasteiger partial charge on any atom is 0.315 e. The summed E-state index contributed by atoms with van der Waals surface area (Å²) >= 11 is 0. The van der Waals surface area contributed by atoms with Gasteiger partial charge in [-0.2, -0.15) is 0 Å². The number of rotatable bonds is 8. The van der Waals surface area contributed by atoms with Gasteiger partial charge in [0.25, 0.3) is 0 Å². The molecule has 0 aliphatic rings. The van der Waals surface area contributed by atoms with Crippen molar-refractivity contribution in [1.82, 2.24) is 10.6 Å². The van der Waals surface area contributed by atoms with Crippen LogP contribution in [0.25, 0.3) is 0 Å². The van der Waals surface area contributed by atoms with Crippen LogP contribution in [0.4, 0.5) is 4.79 Å². The SMILES string of the molecule is CC(C)CCC(C)NC(=O)NCC(CC(C)(C)C)C(=O)O. The third kappa shape index (κ3) is 11.1. The second kappa shape index (κ2) is 8.90. The quantitative estimate of drug-likeness (QED) is 0.644. The molecule has 0 aromatic rings. The summed E-state index contributed by atoms with van der Waals surface area (Å²) in [7, 11) is 0. The molecular weight excluding hydrogens is 268 g/mol. The van der Waals surface area contributed by atoms with Crippen LogP contribution in [0.2, 0.25) is 0 Å². The van der Waals surface area contributed by atoms with Crippen molar-refractivity contribution < 1.29 is 14.7 Å². The molecule has 2 atom stereocenters. The van der Waals surface area contributed by atoms with Gasteiger partial charge < -0.3 is 15.7 Å². The lowest BCUT2D eigenvalue weighted by molar-refractivity contribution is -0.142. The number of carbonyl (C=O) groups is 2. The monoisotopic (exact) mass is 300 g/mol. The molecule has 2 amide bonds. The van der Waals surface area contributed by atoms with Crippen molar-refractivity contribution in [1.29, 1.82) is 0 Å². The fourth-order valence-corrected chi connectivity index (χ4v) is 2.13. The first-order valence-corrected chi connectivity index (χ1v) is 7.78. The van der Waals surface area contributed by atoms with Crippen LogP contribution in [-0.4, -0.2) is 29.7 Å². The Morgan fingerprint density at radius 1 is 1.10 bits per heavy atom. The first kappa shape index (κ1) is 19.7. The van der Waals surface area contributed by atoms with Gasteiger partial charge in [0.2, 0.25) is 0 Å². The molecule has 0 spiro atoms. The van der Waals surface area contributed by atoms with Gasteiger partial charge in [0.1, 0.15) is 0 Å². The Morgan fingerprint density at radius 2 is 1.67 bits per heavy atom. The van der Waals surface area contributed by atoms with Gasteiger partial charge in [-0.25, -0.2) is 4.79 Å².